The number of fused-ring (bicyclic) bond motifs is 5. The molecule has 0 aliphatic carbocycles. The molecule has 0 atom stereocenters. The first kappa shape index (κ1) is 36.3. The number of benzene rings is 2. The minimum absolute atomic E-state index is 0.0222. The van der Waals surface area contributed by atoms with Crippen molar-refractivity contribution in [3.63, 3.8) is 0 Å². The van der Waals surface area contributed by atoms with Gasteiger partial charge in [0.15, 0.2) is 5.52 Å². The van der Waals surface area contributed by atoms with E-state index in [-0.39, 0.29) is 67.8 Å². The molecule has 284 valence electrons. The van der Waals surface area contributed by atoms with E-state index in [4.69, 9.17) is 0 Å². The quantitative estimate of drug-likeness (QED) is 0.261. The van der Waals surface area contributed by atoms with Crippen LogP contribution in [-0.2, 0) is 40.1 Å². The lowest BCUT2D eigenvalue weighted by Crippen LogP contribution is -2.37. The first-order valence-electron chi connectivity index (χ1n) is 18.3. The van der Waals surface area contributed by atoms with Gasteiger partial charge in [0.2, 0.25) is 45.6 Å². The average molecular weight is 798 g/mol. The standard InChI is InChI=1S/C32H45N8O8S4/c41-49(42,35-13-5-1-6-14-35)25-21-27-31(29(23-25)51(45,46)37-17-9-3-10-18-37)33-40-28-22-26(50(43,44)36-15-7-2-8-16-36)24-30(32(28)34-39(27)40)52(47,48)38-19-11-4-12-20-38/h21-24,33H,1-20H2/q+1. The Labute approximate surface area is 304 Å². The molecule has 16 nitrogen and oxygen atoms in total. The summed E-state index contributed by atoms with van der Waals surface area (Å²) in [4.78, 5) is -0.952. The van der Waals surface area contributed by atoms with Crippen LogP contribution in [0.4, 0.5) is 0 Å². The Morgan fingerprint density at radius 2 is 0.865 bits per heavy atom. The van der Waals surface area contributed by atoms with Gasteiger partial charge in [-0.15, -0.1) is 0 Å². The molecule has 0 unspecified atom stereocenters. The van der Waals surface area contributed by atoms with Crippen LogP contribution in [0.5, 0.6) is 0 Å². The number of piperidine rings is 4. The van der Waals surface area contributed by atoms with Crippen molar-refractivity contribution in [2.75, 3.05) is 52.4 Å². The first-order chi connectivity index (χ1) is 24.8. The Bertz CT molecular complexity index is 2300. The summed E-state index contributed by atoms with van der Waals surface area (Å²) in [5.41, 5.74) is 0.228. The number of nitrogens with one attached hydrogen (secondary N) is 1. The number of aromatic nitrogens is 4. The average Bonchev–Trinajstić information content (AvgIpc) is 3.72. The van der Waals surface area contributed by atoms with Gasteiger partial charge in [-0.05, 0) is 74.2 Å². The zero-order valence-corrected chi connectivity index (χ0v) is 32.2. The van der Waals surface area contributed by atoms with Crippen LogP contribution in [0.3, 0.4) is 0 Å². The monoisotopic (exact) mass is 797 g/mol. The minimum Gasteiger partial charge on any atom is -0.207 e. The van der Waals surface area contributed by atoms with Gasteiger partial charge in [0.05, 0.1) is 14.9 Å². The molecule has 6 heterocycles. The van der Waals surface area contributed by atoms with Crippen LogP contribution in [0.2, 0.25) is 0 Å². The largest absolute Gasteiger partial charge is 0.272 e. The van der Waals surface area contributed by atoms with E-state index in [0.717, 1.165) is 25.7 Å². The summed E-state index contributed by atoms with van der Waals surface area (Å²) in [5, 5.41) is 7.76. The van der Waals surface area contributed by atoms with Gasteiger partial charge in [0.25, 0.3) is 5.52 Å². The summed E-state index contributed by atoms with van der Waals surface area (Å²) >= 11 is 0. The molecule has 2 aromatic heterocycles. The predicted octanol–water partition coefficient (Wildman–Crippen LogP) is 2.25. The van der Waals surface area contributed by atoms with Crippen LogP contribution < -0.4 is 4.63 Å². The third-order valence-corrected chi connectivity index (χ3v) is 18.5. The third kappa shape index (κ3) is 6.06. The molecule has 52 heavy (non-hydrogen) atoms. The van der Waals surface area contributed by atoms with Gasteiger partial charge in [-0.3, -0.25) is 0 Å². The van der Waals surface area contributed by atoms with E-state index < -0.39 is 40.1 Å². The molecule has 0 bridgehead atoms. The van der Waals surface area contributed by atoms with Gasteiger partial charge in [-0.2, -0.15) is 17.2 Å². The van der Waals surface area contributed by atoms with Crippen molar-refractivity contribution >= 4 is 62.2 Å². The summed E-state index contributed by atoms with van der Waals surface area (Å²) in [5.74, 6) is 0. The van der Waals surface area contributed by atoms with Crippen LogP contribution in [0, 0.1) is 0 Å². The molecule has 4 fully saturated rings. The van der Waals surface area contributed by atoms with E-state index in [0.29, 0.717) is 77.5 Å². The van der Waals surface area contributed by atoms with E-state index in [1.165, 1.54) is 50.7 Å². The lowest BCUT2D eigenvalue weighted by atomic mass is 10.2. The molecule has 4 aliphatic heterocycles. The van der Waals surface area contributed by atoms with Gasteiger partial charge in [-0.25, -0.2) is 38.8 Å². The molecule has 20 heteroatoms. The molecule has 0 radical (unpaired) electrons. The molecule has 8 rings (SSSR count). The normalized spacial score (nSPS) is 21.8. The second kappa shape index (κ2) is 13.5. The lowest BCUT2D eigenvalue weighted by Gasteiger charge is -2.27. The van der Waals surface area contributed by atoms with Crippen molar-refractivity contribution in [1.82, 2.24) is 32.0 Å². The number of sulfonamides is 4. The highest BCUT2D eigenvalue weighted by molar-refractivity contribution is 7.90. The van der Waals surface area contributed by atoms with Gasteiger partial charge in [-0.1, -0.05) is 25.7 Å². The van der Waals surface area contributed by atoms with Gasteiger partial charge in [0.1, 0.15) is 15.3 Å². The fourth-order valence-corrected chi connectivity index (χ4v) is 14.7. The van der Waals surface area contributed by atoms with Crippen molar-refractivity contribution in [2.24, 2.45) is 0 Å². The van der Waals surface area contributed by atoms with Crippen LogP contribution in [0.1, 0.15) is 77.0 Å². The molecule has 4 aromatic rings. The Morgan fingerprint density at radius 3 is 1.33 bits per heavy atom. The second-order valence-corrected chi connectivity index (χ2v) is 22.0. The molecule has 0 spiro atoms. The number of nitrogens with zero attached hydrogens (tertiary/aromatic N) is 7. The van der Waals surface area contributed by atoms with E-state index >= 15 is 0 Å². The Hall–Kier alpha value is -2.72. The summed E-state index contributed by atoms with van der Waals surface area (Å²) in [6.45, 7) is 2.38. The zero-order valence-electron chi connectivity index (χ0n) is 29.0. The van der Waals surface area contributed by atoms with Crippen molar-refractivity contribution in [1.29, 1.82) is 0 Å². The van der Waals surface area contributed by atoms with Crippen molar-refractivity contribution in [3.05, 3.63) is 24.3 Å². The third-order valence-electron chi connectivity index (χ3n) is 10.9. The summed E-state index contributed by atoms with van der Waals surface area (Å²) in [7, 11) is -16.7. The summed E-state index contributed by atoms with van der Waals surface area (Å²) in [6.07, 6.45) is 8.98. The molecular formula is C32H45N8O8S4+. The smallest absolute Gasteiger partial charge is 0.207 e. The van der Waals surface area contributed by atoms with E-state index in [1.54, 1.807) is 0 Å². The Balaban J connectivity index is 1.41. The summed E-state index contributed by atoms with van der Waals surface area (Å²) in [6, 6.07) is 5.11. The maximum Gasteiger partial charge on any atom is 0.272 e. The molecule has 1 N–H and O–H groups in total. The molecular weight excluding hydrogens is 753 g/mol. The topological polar surface area (TPSA) is 187 Å². The molecule has 4 saturated heterocycles. The van der Waals surface area contributed by atoms with Crippen molar-refractivity contribution in [2.45, 2.75) is 96.6 Å². The number of aromatic amines is 1. The van der Waals surface area contributed by atoms with Crippen LogP contribution in [0.25, 0.3) is 22.1 Å². The van der Waals surface area contributed by atoms with Crippen LogP contribution in [0.15, 0.2) is 43.8 Å². The maximum atomic E-state index is 14.3. The van der Waals surface area contributed by atoms with Gasteiger partial charge >= 0.3 is 0 Å². The number of hydrogen-bond donors (Lipinski definition) is 1. The van der Waals surface area contributed by atoms with Crippen molar-refractivity contribution < 1.29 is 38.3 Å². The lowest BCUT2D eigenvalue weighted by molar-refractivity contribution is -0.649. The predicted molar refractivity (Wildman–Crippen MR) is 191 cm³/mol. The molecule has 2 aromatic carbocycles. The minimum atomic E-state index is -4.23. The second-order valence-electron chi connectivity index (χ2n) is 14.3. The molecule has 0 saturated carbocycles. The van der Waals surface area contributed by atoms with Gasteiger partial charge in [0, 0.05) is 63.1 Å². The highest BCUT2D eigenvalue weighted by Gasteiger charge is 2.39. The molecule has 4 aliphatic rings. The van der Waals surface area contributed by atoms with E-state index in [1.807, 2.05) is 0 Å². The van der Waals surface area contributed by atoms with E-state index in [2.05, 4.69) is 10.2 Å². The number of H-pyrrole nitrogens is 1. The Kier molecular flexibility index (Phi) is 9.44. The van der Waals surface area contributed by atoms with Crippen LogP contribution >= 0.6 is 0 Å². The van der Waals surface area contributed by atoms with Gasteiger partial charge < -0.3 is 0 Å². The van der Waals surface area contributed by atoms with Crippen molar-refractivity contribution in [3.8, 4) is 0 Å². The summed E-state index contributed by atoms with van der Waals surface area (Å²) < 4.78 is 122. The fraction of sp³-hybridized carbons (Fsp3) is 0.625. The number of rotatable bonds is 8. The Morgan fingerprint density at radius 1 is 0.481 bits per heavy atom. The highest BCUT2D eigenvalue weighted by Crippen LogP contribution is 2.34. The fourth-order valence-electron chi connectivity index (χ4n) is 7.99. The van der Waals surface area contributed by atoms with E-state index in [9.17, 15) is 33.7 Å². The van der Waals surface area contributed by atoms with Crippen LogP contribution in [-0.4, -0.2) is 118 Å². The number of hydrogen-bond acceptors (Lipinski definition) is 9. The highest BCUT2D eigenvalue weighted by atomic mass is 32.2. The molecule has 0 amide bonds. The SMILES string of the molecule is O=S(=O)(c1cc(S(=O)(=O)N2CCCCC2)c2[nH][n+]3c4cc(S(=O)(=O)N5CCCCC5)cc(S(=O)(=O)N5CCCCC5)c4nn3c2c1)N1CCCCC1. The maximum absolute atomic E-state index is 14.3. The first-order valence-corrected chi connectivity index (χ1v) is 24.0. The zero-order chi connectivity index (χ0) is 36.5.